The molecule has 0 saturated carbocycles. The number of hydrogen-bond donors (Lipinski definition) is 2. The number of sulfonamides is 1. The van der Waals surface area contributed by atoms with Gasteiger partial charge < -0.3 is 9.84 Å². The van der Waals surface area contributed by atoms with Crippen LogP contribution < -0.4 is 9.46 Å². The van der Waals surface area contributed by atoms with E-state index in [4.69, 9.17) is 9.84 Å². The van der Waals surface area contributed by atoms with Crippen LogP contribution in [-0.4, -0.2) is 20.6 Å². The van der Waals surface area contributed by atoms with E-state index in [2.05, 4.69) is 20.7 Å². The lowest BCUT2D eigenvalue weighted by Gasteiger charge is -2.10. The van der Waals surface area contributed by atoms with E-state index in [1.807, 2.05) is 0 Å². The van der Waals surface area contributed by atoms with Gasteiger partial charge in [-0.3, -0.25) is 4.72 Å². The van der Waals surface area contributed by atoms with Crippen LogP contribution in [0.25, 0.3) is 0 Å². The van der Waals surface area contributed by atoms with Crippen molar-refractivity contribution < 1.29 is 18.3 Å². The summed E-state index contributed by atoms with van der Waals surface area (Å²) in [6, 6.07) is 10.9. The number of benzene rings is 2. The average molecular weight is 372 g/mol. The minimum absolute atomic E-state index is 0.126. The van der Waals surface area contributed by atoms with Crippen LogP contribution in [0.3, 0.4) is 0 Å². The minimum atomic E-state index is -3.67. The molecule has 2 rings (SSSR count). The molecule has 0 fully saturated rings. The van der Waals surface area contributed by atoms with Crippen LogP contribution in [-0.2, 0) is 16.6 Å². The number of rotatable bonds is 5. The summed E-state index contributed by atoms with van der Waals surface area (Å²) < 4.78 is 32.7. The molecule has 0 aliphatic rings. The minimum Gasteiger partial charge on any atom is -0.496 e. The summed E-state index contributed by atoms with van der Waals surface area (Å²) in [5, 5.41) is 8.96. The fourth-order valence-corrected chi connectivity index (χ4v) is 3.31. The van der Waals surface area contributed by atoms with Crippen molar-refractivity contribution in [3.8, 4) is 5.75 Å². The second kappa shape index (κ2) is 6.46. The van der Waals surface area contributed by atoms with Crippen molar-refractivity contribution in [3.05, 3.63) is 52.5 Å². The Hall–Kier alpha value is -1.57. The molecule has 0 saturated heterocycles. The zero-order chi connectivity index (χ0) is 15.5. The van der Waals surface area contributed by atoms with Gasteiger partial charge in [0.2, 0.25) is 0 Å². The highest BCUT2D eigenvalue weighted by molar-refractivity contribution is 9.10. The summed E-state index contributed by atoms with van der Waals surface area (Å²) in [6.45, 7) is -0.126. The smallest absolute Gasteiger partial charge is 0.261 e. The third kappa shape index (κ3) is 3.75. The molecule has 0 amide bonds. The maximum absolute atomic E-state index is 12.2. The highest BCUT2D eigenvalue weighted by Gasteiger charge is 2.14. The normalized spacial score (nSPS) is 11.2. The summed E-state index contributed by atoms with van der Waals surface area (Å²) in [5.41, 5.74) is 1.08. The Kier molecular flexibility index (Phi) is 4.87. The van der Waals surface area contributed by atoms with E-state index in [0.717, 1.165) is 0 Å². The second-order valence-corrected chi connectivity index (χ2v) is 6.79. The van der Waals surface area contributed by atoms with Gasteiger partial charge in [-0.15, -0.1) is 0 Å². The van der Waals surface area contributed by atoms with Crippen molar-refractivity contribution in [1.82, 2.24) is 0 Å². The van der Waals surface area contributed by atoms with Crippen LogP contribution in [0.15, 0.2) is 51.8 Å². The number of methoxy groups -OCH3 is 1. The lowest BCUT2D eigenvalue weighted by molar-refractivity contribution is 0.282. The Labute approximate surface area is 131 Å². The van der Waals surface area contributed by atoms with E-state index in [1.54, 1.807) is 30.3 Å². The molecular weight excluding hydrogens is 358 g/mol. The van der Waals surface area contributed by atoms with Crippen LogP contribution in [0.5, 0.6) is 5.75 Å². The molecule has 2 aromatic rings. The van der Waals surface area contributed by atoms with Crippen molar-refractivity contribution in [2.75, 3.05) is 11.8 Å². The van der Waals surface area contributed by atoms with Gasteiger partial charge in [0.1, 0.15) is 5.75 Å². The summed E-state index contributed by atoms with van der Waals surface area (Å²) in [5.74, 6) is 0.616. The average Bonchev–Trinajstić information content (AvgIpc) is 2.47. The van der Waals surface area contributed by atoms with Crippen LogP contribution in [0.1, 0.15) is 5.56 Å². The zero-order valence-electron chi connectivity index (χ0n) is 11.2. The summed E-state index contributed by atoms with van der Waals surface area (Å²) in [6.07, 6.45) is 0. The SMILES string of the molecule is COc1ccc(NS(=O)(=O)c2ccc(CO)cc2)cc1Br. The Morgan fingerprint density at radius 1 is 1.19 bits per heavy atom. The predicted molar refractivity (Wildman–Crippen MR) is 83.9 cm³/mol. The third-order valence-corrected chi connectivity index (χ3v) is 4.84. The molecule has 112 valence electrons. The van der Waals surface area contributed by atoms with E-state index in [1.165, 1.54) is 19.2 Å². The van der Waals surface area contributed by atoms with Crippen molar-refractivity contribution in [3.63, 3.8) is 0 Å². The quantitative estimate of drug-likeness (QED) is 0.846. The van der Waals surface area contributed by atoms with Crippen LogP contribution in [0.2, 0.25) is 0 Å². The molecule has 0 aliphatic heterocycles. The number of ether oxygens (including phenoxy) is 1. The molecular formula is C14H14BrNO4S. The number of aliphatic hydroxyl groups is 1. The largest absolute Gasteiger partial charge is 0.496 e. The standard InChI is InChI=1S/C14H14BrNO4S/c1-20-14-7-4-11(8-13(14)15)16-21(18,19)12-5-2-10(9-17)3-6-12/h2-8,16-17H,9H2,1H3. The van der Waals surface area contributed by atoms with Gasteiger partial charge in [-0.05, 0) is 51.8 Å². The molecule has 7 heteroatoms. The molecule has 0 spiro atoms. The van der Waals surface area contributed by atoms with E-state index in [0.29, 0.717) is 21.5 Å². The maximum Gasteiger partial charge on any atom is 0.261 e. The van der Waals surface area contributed by atoms with Gasteiger partial charge in [0.25, 0.3) is 10.0 Å². The van der Waals surface area contributed by atoms with Gasteiger partial charge in [0.15, 0.2) is 0 Å². The van der Waals surface area contributed by atoms with Crippen molar-refractivity contribution in [1.29, 1.82) is 0 Å². The molecule has 5 nitrogen and oxygen atoms in total. The highest BCUT2D eigenvalue weighted by Crippen LogP contribution is 2.28. The first-order valence-electron chi connectivity index (χ1n) is 6.02. The topological polar surface area (TPSA) is 75.6 Å². The van der Waals surface area contributed by atoms with Crippen LogP contribution in [0, 0.1) is 0 Å². The van der Waals surface area contributed by atoms with Crippen molar-refractivity contribution >= 4 is 31.6 Å². The Balaban J connectivity index is 2.26. The number of aliphatic hydroxyl groups excluding tert-OH is 1. The van der Waals surface area contributed by atoms with Gasteiger partial charge in [-0.1, -0.05) is 12.1 Å². The van der Waals surface area contributed by atoms with E-state index >= 15 is 0 Å². The zero-order valence-corrected chi connectivity index (χ0v) is 13.6. The highest BCUT2D eigenvalue weighted by atomic mass is 79.9. The maximum atomic E-state index is 12.2. The molecule has 2 N–H and O–H groups in total. The number of anilines is 1. The Morgan fingerprint density at radius 2 is 1.86 bits per heavy atom. The van der Waals surface area contributed by atoms with Gasteiger partial charge in [-0.25, -0.2) is 8.42 Å². The molecule has 0 heterocycles. The number of halogens is 1. The van der Waals surface area contributed by atoms with Gasteiger partial charge in [0, 0.05) is 0 Å². The fourth-order valence-electron chi connectivity index (χ4n) is 1.72. The van der Waals surface area contributed by atoms with Gasteiger partial charge in [-0.2, -0.15) is 0 Å². The first-order chi connectivity index (χ1) is 9.96. The van der Waals surface area contributed by atoms with Gasteiger partial charge >= 0.3 is 0 Å². The lowest BCUT2D eigenvalue weighted by Crippen LogP contribution is -2.13. The van der Waals surface area contributed by atoms with E-state index in [-0.39, 0.29) is 11.5 Å². The number of nitrogens with one attached hydrogen (secondary N) is 1. The van der Waals surface area contributed by atoms with E-state index < -0.39 is 10.0 Å². The van der Waals surface area contributed by atoms with Crippen molar-refractivity contribution in [2.24, 2.45) is 0 Å². The molecule has 21 heavy (non-hydrogen) atoms. The van der Waals surface area contributed by atoms with Crippen LogP contribution >= 0.6 is 15.9 Å². The van der Waals surface area contributed by atoms with Crippen molar-refractivity contribution in [2.45, 2.75) is 11.5 Å². The molecule has 0 radical (unpaired) electrons. The summed E-state index contributed by atoms with van der Waals surface area (Å²) >= 11 is 3.30. The lowest BCUT2D eigenvalue weighted by atomic mass is 10.2. The molecule has 0 unspecified atom stereocenters. The number of hydrogen-bond acceptors (Lipinski definition) is 4. The summed E-state index contributed by atoms with van der Waals surface area (Å²) in [4.78, 5) is 0.131. The first-order valence-corrected chi connectivity index (χ1v) is 8.30. The molecule has 0 bridgehead atoms. The van der Waals surface area contributed by atoms with Crippen LogP contribution in [0.4, 0.5) is 5.69 Å². The Morgan fingerprint density at radius 3 is 2.38 bits per heavy atom. The molecule has 0 atom stereocenters. The fraction of sp³-hybridized carbons (Fsp3) is 0.143. The van der Waals surface area contributed by atoms with Gasteiger partial charge in [0.05, 0.1) is 28.8 Å². The molecule has 2 aromatic carbocycles. The molecule has 0 aromatic heterocycles. The second-order valence-electron chi connectivity index (χ2n) is 4.26. The first kappa shape index (κ1) is 15.8. The monoisotopic (exact) mass is 371 g/mol. The predicted octanol–water partition coefficient (Wildman–Crippen LogP) is 2.75. The van der Waals surface area contributed by atoms with E-state index in [9.17, 15) is 8.42 Å². The Bertz CT molecular complexity index is 729. The third-order valence-electron chi connectivity index (χ3n) is 2.82. The molecule has 0 aliphatic carbocycles. The summed E-state index contributed by atoms with van der Waals surface area (Å²) in [7, 11) is -2.13.